The lowest BCUT2D eigenvalue weighted by Crippen LogP contribution is -2.03. The van der Waals surface area contributed by atoms with Crippen LogP contribution < -0.4 is 0 Å². The molecule has 2 rings (SSSR count). The Morgan fingerprint density at radius 2 is 2.28 bits per heavy atom. The summed E-state index contributed by atoms with van der Waals surface area (Å²) in [5.74, 6) is 3.18. The van der Waals surface area contributed by atoms with Gasteiger partial charge in [0.25, 0.3) is 0 Å². The zero-order chi connectivity index (χ0) is 13.0. The van der Waals surface area contributed by atoms with Gasteiger partial charge in [-0.05, 0) is 36.1 Å². The number of nitrogens with zero attached hydrogens (tertiary/aromatic N) is 2. The highest BCUT2D eigenvalue weighted by Crippen LogP contribution is 2.19. The summed E-state index contributed by atoms with van der Waals surface area (Å²) in [4.78, 5) is 4.43. The minimum Gasteiger partial charge on any atom is -0.327 e. The predicted octanol–water partition coefficient (Wildman–Crippen LogP) is 4.06. The summed E-state index contributed by atoms with van der Waals surface area (Å²) in [6.45, 7) is 2.99. The fraction of sp³-hybridized carbons (Fsp3) is 0.462. The maximum atomic E-state index is 13.3. The molecule has 0 atom stereocenters. The van der Waals surface area contributed by atoms with E-state index in [9.17, 15) is 4.39 Å². The van der Waals surface area contributed by atoms with Crippen LogP contribution in [0.25, 0.3) is 11.0 Å². The Bertz CT molecular complexity index is 527. The van der Waals surface area contributed by atoms with Crippen LogP contribution in [0.15, 0.2) is 18.2 Å². The molecule has 0 unspecified atom stereocenters. The van der Waals surface area contributed by atoms with E-state index in [0.29, 0.717) is 5.88 Å². The van der Waals surface area contributed by atoms with Crippen LogP contribution in [-0.4, -0.2) is 21.1 Å². The number of aromatic nitrogens is 2. The number of halogens is 2. The minimum absolute atomic E-state index is 0.229. The van der Waals surface area contributed by atoms with Crippen LogP contribution >= 0.6 is 23.4 Å². The minimum atomic E-state index is -0.229. The van der Waals surface area contributed by atoms with Crippen molar-refractivity contribution in [2.45, 2.75) is 25.8 Å². The fourth-order valence-electron chi connectivity index (χ4n) is 1.97. The second kappa shape index (κ2) is 6.43. The monoisotopic (exact) mass is 286 g/mol. The Balaban J connectivity index is 2.25. The molecule has 0 N–H and O–H groups in total. The number of fused-ring (bicyclic) bond motifs is 1. The second-order valence-corrected chi connectivity index (χ2v) is 5.66. The second-order valence-electron chi connectivity index (χ2n) is 4.00. The first-order chi connectivity index (χ1) is 8.76. The normalized spacial score (nSPS) is 11.3. The van der Waals surface area contributed by atoms with Crippen molar-refractivity contribution in [2.75, 3.05) is 11.5 Å². The van der Waals surface area contributed by atoms with Crippen molar-refractivity contribution in [3.05, 3.63) is 29.8 Å². The molecule has 2 aromatic rings. The van der Waals surface area contributed by atoms with Gasteiger partial charge in [0, 0.05) is 6.54 Å². The van der Waals surface area contributed by atoms with Crippen molar-refractivity contribution < 1.29 is 4.39 Å². The molecular weight excluding hydrogens is 271 g/mol. The maximum absolute atomic E-state index is 13.3. The third-order valence-electron chi connectivity index (χ3n) is 2.78. The zero-order valence-corrected chi connectivity index (χ0v) is 11.9. The summed E-state index contributed by atoms with van der Waals surface area (Å²) in [5, 5.41) is 0. The lowest BCUT2D eigenvalue weighted by atomic mass is 10.3. The molecule has 0 saturated carbocycles. The summed E-state index contributed by atoms with van der Waals surface area (Å²) >= 11 is 7.81. The van der Waals surface area contributed by atoms with E-state index in [0.717, 1.165) is 41.3 Å². The Morgan fingerprint density at radius 3 is 3.00 bits per heavy atom. The van der Waals surface area contributed by atoms with Crippen LogP contribution in [-0.2, 0) is 12.4 Å². The Kier molecular flexibility index (Phi) is 4.89. The topological polar surface area (TPSA) is 17.8 Å². The van der Waals surface area contributed by atoms with Crippen LogP contribution in [0.1, 0.15) is 19.2 Å². The molecule has 1 heterocycles. The van der Waals surface area contributed by atoms with Gasteiger partial charge in [-0.1, -0.05) is 6.92 Å². The maximum Gasteiger partial charge on any atom is 0.125 e. The van der Waals surface area contributed by atoms with Crippen LogP contribution in [0.2, 0.25) is 0 Å². The van der Waals surface area contributed by atoms with Crippen LogP contribution in [0.5, 0.6) is 0 Å². The molecule has 0 amide bonds. The molecule has 0 radical (unpaired) electrons. The number of imidazole rings is 1. The Morgan fingerprint density at radius 1 is 1.44 bits per heavy atom. The van der Waals surface area contributed by atoms with E-state index in [2.05, 4.69) is 11.9 Å². The number of hydrogen-bond donors (Lipinski definition) is 0. The molecule has 0 aliphatic rings. The number of thioether (sulfide) groups is 1. The molecule has 2 nitrogen and oxygen atoms in total. The molecule has 98 valence electrons. The summed E-state index contributed by atoms with van der Waals surface area (Å²) in [6, 6.07) is 4.67. The van der Waals surface area contributed by atoms with Crippen molar-refractivity contribution >= 4 is 34.4 Å². The molecular formula is C13H16ClFN2S. The summed E-state index contributed by atoms with van der Waals surface area (Å²) in [7, 11) is 0. The zero-order valence-electron chi connectivity index (χ0n) is 10.3. The number of rotatable bonds is 6. The van der Waals surface area contributed by atoms with Crippen molar-refractivity contribution in [3.8, 4) is 0 Å². The first kappa shape index (κ1) is 13.7. The van der Waals surface area contributed by atoms with Crippen LogP contribution in [0.3, 0.4) is 0 Å². The van der Waals surface area contributed by atoms with Gasteiger partial charge in [-0.25, -0.2) is 9.37 Å². The van der Waals surface area contributed by atoms with E-state index in [1.54, 1.807) is 6.07 Å². The smallest absolute Gasteiger partial charge is 0.125 e. The largest absolute Gasteiger partial charge is 0.327 e. The van der Waals surface area contributed by atoms with E-state index in [1.807, 2.05) is 16.3 Å². The highest BCUT2D eigenvalue weighted by atomic mass is 35.5. The molecule has 0 saturated heterocycles. The number of benzene rings is 1. The molecule has 1 aromatic heterocycles. The van der Waals surface area contributed by atoms with Gasteiger partial charge in [0.1, 0.15) is 11.6 Å². The first-order valence-electron chi connectivity index (χ1n) is 6.04. The van der Waals surface area contributed by atoms with E-state index in [-0.39, 0.29) is 5.82 Å². The fourth-order valence-corrected chi connectivity index (χ4v) is 2.79. The van der Waals surface area contributed by atoms with Crippen LogP contribution in [0, 0.1) is 5.82 Å². The van der Waals surface area contributed by atoms with Crippen molar-refractivity contribution in [1.82, 2.24) is 9.55 Å². The molecule has 18 heavy (non-hydrogen) atoms. The lowest BCUT2D eigenvalue weighted by molar-refractivity contribution is 0.626. The number of hydrogen-bond acceptors (Lipinski definition) is 2. The van der Waals surface area contributed by atoms with Gasteiger partial charge < -0.3 is 4.57 Å². The quantitative estimate of drug-likeness (QED) is 0.589. The van der Waals surface area contributed by atoms with E-state index >= 15 is 0 Å². The molecule has 0 aliphatic carbocycles. The average Bonchev–Trinajstić information content (AvgIpc) is 2.72. The lowest BCUT2D eigenvalue weighted by Gasteiger charge is -2.07. The SMILES string of the molecule is CCSCCCn1c(CCl)nc2ccc(F)cc21. The average molecular weight is 287 g/mol. The van der Waals surface area contributed by atoms with E-state index in [4.69, 9.17) is 11.6 Å². The van der Waals surface area contributed by atoms with Crippen molar-refractivity contribution in [2.24, 2.45) is 0 Å². The van der Waals surface area contributed by atoms with Gasteiger partial charge in [-0.3, -0.25) is 0 Å². The third-order valence-corrected chi connectivity index (χ3v) is 4.01. The molecule has 5 heteroatoms. The van der Waals surface area contributed by atoms with Gasteiger partial charge in [0.2, 0.25) is 0 Å². The summed E-state index contributed by atoms with van der Waals surface area (Å²) in [5.41, 5.74) is 1.65. The Labute approximate surface area is 116 Å². The van der Waals surface area contributed by atoms with E-state index in [1.165, 1.54) is 12.1 Å². The highest BCUT2D eigenvalue weighted by Gasteiger charge is 2.10. The Hall–Kier alpha value is -0.740. The highest BCUT2D eigenvalue weighted by molar-refractivity contribution is 7.99. The van der Waals surface area contributed by atoms with Gasteiger partial charge in [-0.15, -0.1) is 11.6 Å². The standard InChI is InChI=1S/C13H16ClFN2S/c1-2-18-7-3-6-17-12-8-10(15)4-5-11(12)16-13(17)9-14/h4-5,8H,2-3,6-7,9H2,1H3. The molecule has 0 fully saturated rings. The molecule has 1 aromatic carbocycles. The van der Waals surface area contributed by atoms with Crippen molar-refractivity contribution in [1.29, 1.82) is 0 Å². The number of aryl methyl sites for hydroxylation is 1. The number of alkyl halides is 1. The summed E-state index contributed by atoms with van der Waals surface area (Å²) in [6.07, 6.45) is 1.05. The van der Waals surface area contributed by atoms with Gasteiger partial charge in [0.05, 0.1) is 16.9 Å². The predicted molar refractivity (Wildman–Crippen MR) is 76.9 cm³/mol. The van der Waals surface area contributed by atoms with Gasteiger partial charge in [-0.2, -0.15) is 11.8 Å². The molecule has 0 aliphatic heterocycles. The molecule has 0 bridgehead atoms. The third kappa shape index (κ3) is 2.98. The van der Waals surface area contributed by atoms with E-state index < -0.39 is 0 Å². The van der Waals surface area contributed by atoms with Crippen molar-refractivity contribution in [3.63, 3.8) is 0 Å². The van der Waals surface area contributed by atoms with Gasteiger partial charge >= 0.3 is 0 Å². The first-order valence-corrected chi connectivity index (χ1v) is 7.73. The summed E-state index contributed by atoms with van der Waals surface area (Å²) < 4.78 is 15.3. The van der Waals surface area contributed by atoms with Crippen LogP contribution in [0.4, 0.5) is 4.39 Å². The van der Waals surface area contributed by atoms with Gasteiger partial charge in [0.15, 0.2) is 0 Å². The molecule has 0 spiro atoms.